The maximum Gasteiger partial charge on any atom is 0.157 e. The summed E-state index contributed by atoms with van der Waals surface area (Å²) in [5.41, 5.74) is 0. The first-order chi connectivity index (χ1) is 5.57. The fourth-order valence-electron chi connectivity index (χ4n) is 1.59. The lowest BCUT2D eigenvalue weighted by Gasteiger charge is -2.38. The highest BCUT2D eigenvalue weighted by Crippen LogP contribution is 2.32. The van der Waals surface area contributed by atoms with Gasteiger partial charge in [-0.25, -0.2) is 4.39 Å². The number of aliphatic hydroxyl groups is 1. The average Bonchev–Trinajstić information content (AvgIpc) is 2.08. The zero-order valence-electron chi connectivity index (χ0n) is 7.83. The molecule has 0 bridgehead atoms. The van der Waals surface area contributed by atoms with Crippen LogP contribution in [0.5, 0.6) is 0 Å². The molecular formula is C9H17FO2. The molecule has 1 saturated heterocycles. The van der Waals surface area contributed by atoms with Crippen molar-refractivity contribution in [3.63, 3.8) is 0 Å². The van der Waals surface area contributed by atoms with E-state index in [1.165, 1.54) is 0 Å². The summed E-state index contributed by atoms with van der Waals surface area (Å²) in [7, 11) is 0. The van der Waals surface area contributed by atoms with Crippen molar-refractivity contribution in [2.75, 3.05) is 0 Å². The van der Waals surface area contributed by atoms with Crippen LogP contribution < -0.4 is 0 Å². The van der Waals surface area contributed by atoms with Crippen LogP contribution in [0.15, 0.2) is 0 Å². The average molecular weight is 176 g/mol. The summed E-state index contributed by atoms with van der Waals surface area (Å²) in [4.78, 5) is 0. The minimum atomic E-state index is -0.937. The number of hydrogen-bond donors (Lipinski definition) is 1. The Morgan fingerprint density at radius 3 is 2.42 bits per heavy atom. The molecular weight excluding hydrogens is 159 g/mol. The normalized spacial score (nSPS) is 49.2. The molecule has 0 aromatic heterocycles. The lowest BCUT2D eigenvalue weighted by Crippen LogP contribution is -2.46. The van der Waals surface area contributed by atoms with Gasteiger partial charge in [0.2, 0.25) is 0 Å². The highest BCUT2D eigenvalue weighted by molar-refractivity contribution is 4.83. The molecule has 5 atom stereocenters. The summed E-state index contributed by atoms with van der Waals surface area (Å²) in [5, 5.41) is 9.38. The molecule has 1 heterocycles. The molecule has 1 aliphatic rings. The monoisotopic (exact) mass is 176 g/mol. The van der Waals surface area contributed by atoms with Crippen LogP contribution in [0, 0.1) is 11.8 Å². The fraction of sp³-hybridized carbons (Fsp3) is 1.00. The van der Waals surface area contributed by atoms with Gasteiger partial charge in [0, 0.05) is 5.92 Å². The van der Waals surface area contributed by atoms with E-state index < -0.39 is 18.6 Å². The Labute approximate surface area is 72.7 Å². The second-order valence-corrected chi connectivity index (χ2v) is 3.64. The van der Waals surface area contributed by atoms with Crippen molar-refractivity contribution in [1.29, 1.82) is 0 Å². The van der Waals surface area contributed by atoms with Gasteiger partial charge in [-0.2, -0.15) is 0 Å². The molecule has 2 unspecified atom stereocenters. The van der Waals surface area contributed by atoms with Gasteiger partial charge in [0.15, 0.2) is 6.29 Å². The van der Waals surface area contributed by atoms with Crippen LogP contribution in [0.25, 0.3) is 0 Å². The highest BCUT2D eigenvalue weighted by Gasteiger charge is 2.39. The van der Waals surface area contributed by atoms with Gasteiger partial charge >= 0.3 is 0 Å². The second kappa shape index (κ2) is 3.71. The van der Waals surface area contributed by atoms with Gasteiger partial charge in [-0.1, -0.05) is 20.8 Å². The number of alkyl halides is 1. The summed E-state index contributed by atoms with van der Waals surface area (Å²) in [6.07, 6.45) is -1.54. The minimum absolute atomic E-state index is 0.109. The van der Waals surface area contributed by atoms with E-state index in [9.17, 15) is 9.50 Å². The zero-order chi connectivity index (χ0) is 9.30. The maximum atomic E-state index is 13.4. The molecule has 0 amide bonds. The van der Waals surface area contributed by atoms with Crippen molar-refractivity contribution < 1.29 is 14.2 Å². The topological polar surface area (TPSA) is 29.5 Å². The van der Waals surface area contributed by atoms with Crippen LogP contribution in [0.2, 0.25) is 0 Å². The second-order valence-electron chi connectivity index (χ2n) is 3.64. The van der Waals surface area contributed by atoms with Crippen LogP contribution in [0.1, 0.15) is 27.2 Å². The highest BCUT2D eigenvalue weighted by atomic mass is 19.1. The standard InChI is InChI=1S/C9H17FO2/c1-4-7-8(10)5(2)6(3)9(11)12-7/h5-9,11H,4H2,1-3H3/t5-,6?,7?,8+,9+/m1/s1. The lowest BCUT2D eigenvalue weighted by atomic mass is 9.85. The third-order valence-electron chi connectivity index (χ3n) is 2.85. The number of ether oxygens (including phenoxy) is 1. The van der Waals surface area contributed by atoms with Crippen molar-refractivity contribution in [2.45, 2.75) is 45.8 Å². The van der Waals surface area contributed by atoms with Gasteiger partial charge in [-0.15, -0.1) is 0 Å². The van der Waals surface area contributed by atoms with Crippen molar-refractivity contribution >= 4 is 0 Å². The van der Waals surface area contributed by atoms with E-state index in [0.29, 0.717) is 6.42 Å². The molecule has 1 fully saturated rings. The van der Waals surface area contributed by atoms with E-state index in [4.69, 9.17) is 4.74 Å². The molecule has 12 heavy (non-hydrogen) atoms. The van der Waals surface area contributed by atoms with Crippen LogP contribution in [0.3, 0.4) is 0 Å². The Kier molecular flexibility index (Phi) is 3.07. The molecule has 1 N–H and O–H groups in total. The number of hydrogen-bond acceptors (Lipinski definition) is 2. The van der Waals surface area contributed by atoms with Crippen LogP contribution in [-0.4, -0.2) is 23.7 Å². The van der Waals surface area contributed by atoms with Gasteiger partial charge in [0.1, 0.15) is 6.17 Å². The zero-order valence-corrected chi connectivity index (χ0v) is 7.83. The first-order valence-corrected chi connectivity index (χ1v) is 4.55. The molecule has 1 aliphatic heterocycles. The summed E-state index contributed by atoms with van der Waals surface area (Å²) in [6, 6.07) is 0. The molecule has 72 valence electrons. The van der Waals surface area contributed by atoms with Crippen molar-refractivity contribution in [3.8, 4) is 0 Å². The van der Waals surface area contributed by atoms with Crippen molar-refractivity contribution in [3.05, 3.63) is 0 Å². The van der Waals surface area contributed by atoms with Gasteiger partial charge < -0.3 is 9.84 Å². The third kappa shape index (κ3) is 1.62. The van der Waals surface area contributed by atoms with Crippen LogP contribution >= 0.6 is 0 Å². The van der Waals surface area contributed by atoms with Crippen LogP contribution in [0.4, 0.5) is 4.39 Å². The van der Waals surface area contributed by atoms with E-state index in [2.05, 4.69) is 0 Å². The molecule has 0 radical (unpaired) electrons. The SMILES string of the molecule is CCC1O[C@H](O)C(C)[C@@H](C)[C@@H]1F. The Hall–Kier alpha value is -0.150. The molecule has 0 aliphatic carbocycles. The first-order valence-electron chi connectivity index (χ1n) is 4.55. The lowest BCUT2D eigenvalue weighted by molar-refractivity contribution is -0.229. The maximum absolute atomic E-state index is 13.4. The summed E-state index contributed by atoms with van der Waals surface area (Å²) < 4.78 is 18.5. The largest absolute Gasteiger partial charge is 0.368 e. The van der Waals surface area contributed by atoms with Gasteiger partial charge in [-0.05, 0) is 12.3 Å². The van der Waals surface area contributed by atoms with Gasteiger partial charge in [-0.3, -0.25) is 0 Å². The summed E-state index contributed by atoms with van der Waals surface area (Å²) in [6.45, 7) is 5.50. The van der Waals surface area contributed by atoms with E-state index in [1.54, 1.807) is 0 Å². The molecule has 0 aromatic carbocycles. The smallest absolute Gasteiger partial charge is 0.157 e. The van der Waals surface area contributed by atoms with Crippen molar-refractivity contribution in [1.82, 2.24) is 0 Å². The Morgan fingerprint density at radius 1 is 1.33 bits per heavy atom. The van der Waals surface area contributed by atoms with E-state index in [0.717, 1.165) is 0 Å². The third-order valence-corrected chi connectivity index (χ3v) is 2.85. The van der Waals surface area contributed by atoms with E-state index in [1.807, 2.05) is 20.8 Å². The molecule has 2 nitrogen and oxygen atoms in total. The number of rotatable bonds is 1. The van der Waals surface area contributed by atoms with Gasteiger partial charge in [0.25, 0.3) is 0 Å². The summed E-state index contributed by atoms with van der Waals surface area (Å²) >= 11 is 0. The quantitative estimate of drug-likeness (QED) is 0.659. The number of aliphatic hydroxyl groups excluding tert-OH is 1. The molecule has 3 heteroatoms. The molecule has 0 spiro atoms. The van der Waals surface area contributed by atoms with E-state index in [-0.39, 0.29) is 11.8 Å². The van der Waals surface area contributed by atoms with E-state index >= 15 is 0 Å². The van der Waals surface area contributed by atoms with Crippen LogP contribution in [-0.2, 0) is 4.74 Å². The Bertz CT molecular complexity index is 147. The molecule has 0 aromatic rings. The predicted octanol–water partition coefficient (Wildman–Crippen LogP) is 1.72. The minimum Gasteiger partial charge on any atom is -0.368 e. The van der Waals surface area contributed by atoms with Gasteiger partial charge in [0.05, 0.1) is 6.10 Å². The predicted molar refractivity (Wildman–Crippen MR) is 44.4 cm³/mol. The Balaban J connectivity index is 2.63. The number of halogens is 1. The first kappa shape index (κ1) is 9.93. The van der Waals surface area contributed by atoms with Crippen molar-refractivity contribution in [2.24, 2.45) is 11.8 Å². The molecule has 1 rings (SSSR count). The Morgan fingerprint density at radius 2 is 1.92 bits per heavy atom. The molecule has 0 saturated carbocycles. The summed E-state index contributed by atoms with van der Waals surface area (Å²) in [5.74, 6) is -0.221. The fourth-order valence-corrected chi connectivity index (χ4v) is 1.59.